The van der Waals surface area contributed by atoms with Crippen molar-refractivity contribution in [2.75, 3.05) is 37.7 Å². The minimum Gasteiger partial charge on any atom is -0.477 e. The van der Waals surface area contributed by atoms with Crippen LogP contribution < -0.4 is 9.64 Å². The van der Waals surface area contributed by atoms with Gasteiger partial charge in [0.05, 0.1) is 12.1 Å². The van der Waals surface area contributed by atoms with E-state index in [1.165, 1.54) is 6.33 Å². The van der Waals surface area contributed by atoms with Crippen molar-refractivity contribution in [3.8, 4) is 5.88 Å². The van der Waals surface area contributed by atoms with E-state index in [1.807, 2.05) is 42.3 Å². The third-order valence-electron chi connectivity index (χ3n) is 5.03. The molecule has 0 bridgehead atoms. The minimum absolute atomic E-state index is 0.0180. The summed E-state index contributed by atoms with van der Waals surface area (Å²) in [5.74, 6) is 1.87. The Morgan fingerprint density at radius 1 is 1.14 bits per heavy atom. The number of anilines is 1. The molecule has 2 aromatic heterocycles. The number of piperazine rings is 1. The van der Waals surface area contributed by atoms with Gasteiger partial charge in [0, 0.05) is 44.7 Å². The summed E-state index contributed by atoms with van der Waals surface area (Å²) in [7, 11) is 1.82. The summed E-state index contributed by atoms with van der Waals surface area (Å²) >= 11 is 0. The monoisotopic (exact) mass is 394 g/mol. The van der Waals surface area contributed by atoms with Gasteiger partial charge in [0.15, 0.2) is 0 Å². The van der Waals surface area contributed by atoms with Crippen LogP contribution in [-0.2, 0) is 7.05 Å². The maximum absolute atomic E-state index is 13.1. The van der Waals surface area contributed by atoms with Gasteiger partial charge in [0.1, 0.15) is 17.8 Å². The van der Waals surface area contributed by atoms with Crippen molar-refractivity contribution in [3.63, 3.8) is 0 Å². The molecule has 0 saturated carbocycles. The molecular formula is C21H26N6O2. The van der Waals surface area contributed by atoms with E-state index in [2.05, 4.69) is 33.8 Å². The normalized spacial score (nSPS) is 14.6. The Morgan fingerprint density at radius 3 is 2.66 bits per heavy atom. The summed E-state index contributed by atoms with van der Waals surface area (Å²) in [6.07, 6.45) is 1.53. The zero-order valence-corrected chi connectivity index (χ0v) is 17.1. The van der Waals surface area contributed by atoms with Crippen LogP contribution in [0.4, 0.5) is 5.82 Å². The number of nitrogens with zero attached hydrogens (tertiary/aromatic N) is 6. The zero-order valence-electron chi connectivity index (χ0n) is 17.1. The van der Waals surface area contributed by atoms with Crippen LogP contribution in [0.5, 0.6) is 5.88 Å². The van der Waals surface area contributed by atoms with Gasteiger partial charge in [-0.25, -0.2) is 9.97 Å². The van der Waals surface area contributed by atoms with E-state index in [4.69, 9.17) is 4.74 Å². The molecule has 1 aromatic carbocycles. The first kappa shape index (κ1) is 19.2. The fourth-order valence-corrected chi connectivity index (χ4v) is 3.52. The second-order valence-corrected chi connectivity index (χ2v) is 7.69. The third kappa shape index (κ3) is 4.01. The van der Waals surface area contributed by atoms with Crippen LogP contribution in [0.25, 0.3) is 10.9 Å². The minimum atomic E-state index is 0.0180. The number of ether oxygens (including phenoxy) is 1. The quantitative estimate of drug-likeness (QED) is 0.661. The molecule has 0 N–H and O–H groups in total. The van der Waals surface area contributed by atoms with Crippen molar-refractivity contribution < 1.29 is 9.53 Å². The first-order valence-corrected chi connectivity index (χ1v) is 9.93. The van der Waals surface area contributed by atoms with Gasteiger partial charge >= 0.3 is 0 Å². The molecule has 0 unspecified atom stereocenters. The van der Waals surface area contributed by atoms with Crippen LogP contribution in [-0.4, -0.2) is 63.3 Å². The van der Waals surface area contributed by atoms with E-state index in [0.717, 1.165) is 16.7 Å². The molecule has 152 valence electrons. The Morgan fingerprint density at radius 2 is 1.90 bits per heavy atom. The Labute approximate surface area is 170 Å². The average Bonchev–Trinajstić information content (AvgIpc) is 3.07. The fourth-order valence-electron chi connectivity index (χ4n) is 3.52. The lowest BCUT2D eigenvalue weighted by Gasteiger charge is -2.35. The SMILES string of the molecule is CC(C)COc1cc(N2CCN(C(=O)c3c4ccccc4nn3C)CC2)ncn1. The maximum Gasteiger partial charge on any atom is 0.272 e. The summed E-state index contributed by atoms with van der Waals surface area (Å²) in [6.45, 7) is 7.50. The summed E-state index contributed by atoms with van der Waals surface area (Å²) < 4.78 is 7.39. The smallest absolute Gasteiger partial charge is 0.272 e. The molecule has 0 atom stereocenters. The number of hydrogen-bond acceptors (Lipinski definition) is 6. The van der Waals surface area contributed by atoms with Gasteiger partial charge in [-0.15, -0.1) is 0 Å². The second kappa shape index (κ2) is 8.06. The van der Waals surface area contributed by atoms with E-state index >= 15 is 0 Å². The predicted octanol–water partition coefficient (Wildman–Crippen LogP) is 2.36. The van der Waals surface area contributed by atoms with E-state index < -0.39 is 0 Å². The van der Waals surface area contributed by atoms with Crippen molar-refractivity contribution in [2.45, 2.75) is 13.8 Å². The number of aromatic nitrogens is 4. The van der Waals surface area contributed by atoms with Crippen LogP contribution in [0.3, 0.4) is 0 Å². The average molecular weight is 394 g/mol. The van der Waals surface area contributed by atoms with Crippen LogP contribution in [0.15, 0.2) is 36.7 Å². The largest absolute Gasteiger partial charge is 0.477 e. The van der Waals surface area contributed by atoms with Crippen molar-refractivity contribution in [1.29, 1.82) is 0 Å². The first-order chi connectivity index (χ1) is 14.0. The van der Waals surface area contributed by atoms with Gasteiger partial charge in [-0.3, -0.25) is 9.48 Å². The fraction of sp³-hybridized carbons (Fsp3) is 0.429. The van der Waals surface area contributed by atoms with Gasteiger partial charge in [-0.2, -0.15) is 5.10 Å². The molecule has 3 heterocycles. The van der Waals surface area contributed by atoms with Gasteiger partial charge < -0.3 is 14.5 Å². The van der Waals surface area contributed by atoms with Gasteiger partial charge in [0.2, 0.25) is 5.88 Å². The maximum atomic E-state index is 13.1. The summed E-state index contributed by atoms with van der Waals surface area (Å²) in [5.41, 5.74) is 1.48. The molecule has 1 saturated heterocycles. The molecular weight excluding hydrogens is 368 g/mol. The van der Waals surface area contributed by atoms with Gasteiger partial charge in [-0.1, -0.05) is 32.0 Å². The van der Waals surface area contributed by atoms with Crippen molar-refractivity contribution >= 4 is 22.6 Å². The van der Waals surface area contributed by atoms with E-state index in [-0.39, 0.29) is 5.91 Å². The van der Waals surface area contributed by atoms with Crippen molar-refractivity contribution in [3.05, 3.63) is 42.4 Å². The lowest BCUT2D eigenvalue weighted by molar-refractivity contribution is 0.0737. The topological polar surface area (TPSA) is 76.4 Å². The lowest BCUT2D eigenvalue weighted by atomic mass is 10.2. The molecule has 0 spiro atoms. The number of amides is 1. The Balaban J connectivity index is 1.43. The number of hydrogen-bond donors (Lipinski definition) is 0. The van der Waals surface area contributed by atoms with E-state index in [0.29, 0.717) is 50.3 Å². The van der Waals surface area contributed by atoms with Crippen LogP contribution >= 0.6 is 0 Å². The second-order valence-electron chi connectivity index (χ2n) is 7.69. The molecule has 1 aliphatic rings. The summed E-state index contributed by atoms with van der Waals surface area (Å²) in [6, 6.07) is 9.62. The molecule has 4 rings (SSSR count). The molecule has 8 nitrogen and oxygen atoms in total. The third-order valence-corrected chi connectivity index (χ3v) is 5.03. The molecule has 3 aromatic rings. The molecule has 0 aliphatic carbocycles. The molecule has 1 aliphatic heterocycles. The summed E-state index contributed by atoms with van der Waals surface area (Å²) in [4.78, 5) is 25.8. The number of fused-ring (bicyclic) bond motifs is 1. The number of benzene rings is 1. The molecule has 29 heavy (non-hydrogen) atoms. The van der Waals surface area contributed by atoms with Crippen molar-refractivity contribution in [2.24, 2.45) is 13.0 Å². The number of rotatable bonds is 5. The molecule has 8 heteroatoms. The number of carbonyl (C=O) groups excluding carboxylic acids is 1. The highest BCUT2D eigenvalue weighted by Crippen LogP contribution is 2.22. The predicted molar refractivity (Wildman–Crippen MR) is 111 cm³/mol. The Hall–Kier alpha value is -3.16. The van der Waals surface area contributed by atoms with Crippen LogP contribution in [0.1, 0.15) is 24.3 Å². The number of aryl methyl sites for hydroxylation is 1. The van der Waals surface area contributed by atoms with Crippen LogP contribution in [0.2, 0.25) is 0 Å². The van der Waals surface area contributed by atoms with E-state index in [9.17, 15) is 4.79 Å². The molecule has 0 radical (unpaired) electrons. The van der Waals surface area contributed by atoms with Gasteiger partial charge in [0.25, 0.3) is 5.91 Å². The summed E-state index contributed by atoms with van der Waals surface area (Å²) in [5, 5.41) is 5.35. The highest BCUT2D eigenvalue weighted by Gasteiger charge is 2.26. The highest BCUT2D eigenvalue weighted by atomic mass is 16.5. The van der Waals surface area contributed by atoms with E-state index in [1.54, 1.807) is 4.68 Å². The first-order valence-electron chi connectivity index (χ1n) is 9.93. The van der Waals surface area contributed by atoms with Crippen molar-refractivity contribution in [1.82, 2.24) is 24.6 Å². The Kier molecular flexibility index (Phi) is 5.33. The van der Waals surface area contributed by atoms with Crippen LogP contribution in [0, 0.1) is 5.92 Å². The molecule has 1 fully saturated rings. The van der Waals surface area contributed by atoms with Gasteiger partial charge in [-0.05, 0) is 12.0 Å². The zero-order chi connectivity index (χ0) is 20.4. The standard InChI is InChI=1S/C21H26N6O2/c1-15(2)13-29-19-12-18(22-14-23-19)26-8-10-27(11-9-26)21(28)20-16-6-4-5-7-17(16)24-25(20)3/h4-7,12,14-15H,8-11,13H2,1-3H3. The highest BCUT2D eigenvalue weighted by molar-refractivity contribution is 6.05. The number of carbonyl (C=O) groups is 1. The lowest BCUT2D eigenvalue weighted by Crippen LogP contribution is -2.49. The Bertz CT molecular complexity index is 1010. The molecule has 1 amide bonds.